The zero-order chi connectivity index (χ0) is 19.7. The fraction of sp³-hybridized carbons (Fsp3) is 0.318. The summed E-state index contributed by atoms with van der Waals surface area (Å²) >= 11 is 0. The lowest BCUT2D eigenvalue weighted by atomic mass is 9.98. The lowest BCUT2D eigenvalue weighted by Gasteiger charge is -2.25. The number of hydrogen-bond donors (Lipinski definition) is 0. The van der Waals surface area contributed by atoms with E-state index in [0.29, 0.717) is 17.7 Å². The Bertz CT molecular complexity index is 924. The Morgan fingerprint density at radius 1 is 1.11 bits per heavy atom. The highest BCUT2D eigenvalue weighted by atomic mass is 19.1. The molecule has 6 heteroatoms. The van der Waals surface area contributed by atoms with Crippen molar-refractivity contribution in [1.82, 2.24) is 9.91 Å². The zero-order valence-corrected chi connectivity index (χ0v) is 15.7. The first-order chi connectivity index (χ1) is 13.5. The van der Waals surface area contributed by atoms with E-state index < -0.39 is 0 Å². The molecule has 1 aliphatic carbocycles. The van der Waals surface area contributed by atoms with Crippen molar-refractivity contribution in [2.24, 2.45) is 11.0 Å². The van der Waals surface area contributed by atoms with Gasteiger partial charge in [0.25, 0.3) is 5.91 Å². The molecular weight excluding hydrogens is 357 g/mol. The van der Waals surface area contributed by atoms with Crippen molar-refractivity contribution in [2.75, 3.05) is 13.6 Å². The molecule has 28 heavy (non-hydrogen) atoms. The summed E-state index contributed by atoms with van der Waals surface area (Å²) in [6, 6.07) is 15.7. The number of amides is 2. The molecule has 1 heterocycles. The molecule has 2 aromatic carbocycles. The van der Waals surface area contributed by atoms with E-state index in [-0.39, 0.29) is 36.1 Å². The second kappa shape index (κ2) is 7.54. The highest BCUT2D eigenvalue weighted by Gasteiger charge is 2.36. The molecule has 4 rings (SSSR count). The van der Waals surface area contributed by atoms with E-state index in [0.717, 1.165) is 18.4 Å². The van der Waals surface area contributed by atoms with E-state index in [1.165, 1.54) is 16.0 Å². The highest BCUT2D eigenvalue weighted by Crippen LogP contribution is 2.34. The predicted octanol–water partition coefficient (Wildman–Crippen LogP) is 3.37. The van der Waals surface area contributed by atoms with E-state index >= 15 is 0 Å². The monoisotopic (exact) mass is 379 g/mol. The lowest BCUT2D eigenvalue weighted by Crippen LogP contribution is -2.39. The maximum atomic E-state index is 14.3. The molecule has 0 bridgehead atoms. The SMILES string of the molecule is CN(CC(=O)N1N=C(c2ccccc2F)C[C@@H]1c1ccccc1)C(=O)C1CC1. The molecule has 1 atom stereocenters. The Morgan fingerprint density at radius 2 is 1.79 bits per heavy atom. The van der Waals surface area contributed by atoms with Crippen LogP contribution in [0, 0.1) is 11.7 Å². The van der Waals surface area contributed by atoms with Gasteiger partial charge in [-0.2, -0.15) is 5.10 Å². The van der Waals surface area contributed by atoms with E-state index in [9.17, 15) is 14.0 Å². The van der Waals surface area contributed by atoms with Crippen molar-refractivity contribution in [2.45, 2.75) is 25.3 Å². The molecule has 0 aromatic heterocycles. The Balaban J connectivity index is 1.60. The summed E-state index contributed by atoms with van der Waals surface area (Å²) in [5, 5.41) is 5.88. The van der Waals surface area contributed by atoms with Gasteiger partial charge in [0.1, 0.15) is 12.4 Å². The predicted molar refractivity (Wildman–Crippen MR) is 104 cm³/mol. The minimum Gasteiger partial charge on any atom is -0.336 e. The van der Waals surface area contributed by atoms with Gasteiger partial charge in [-0.05, 0) is 24.5 Å². The van der Waals surface area contributed by atoms with Crippen LogP contribution in [0.1, 0.15) is 36.4 Å². The number of carbonyl (C=O) groups excluding carboxylic acids is 2. The van der Waals surface area contributed by atoms with Gasteiger partial charge < -0.3 is 4.90 Å². The molecule has 1 saturated carbocycles. The Hall–Kier alpha value is -3.02. The number of likely N-dealkylation sites (N-methyl/N-ethyl adjacent to an activating group) is 1. The Labute approximate surface area is 163 Å². The van der Waals surface area contributed by atoms with Gasteiger partial charge in [-0.25, -0.2) is 9.40 Å². The molecule has 144 valence electrons. The van der Waals surface area contributed by atoms with Crippen LogP contribution in [0.15, 0.2) is 59.7 Å². The number of rotatable bonds is 5. The summed E-state index contributed by atoms with van der Waals surface area (Å²) < 4.78 is 14.3. The molecule has 0 spiro atoms. The normalized spacial score (nSPS) is 18.7. The number of benzene rings is 2. The quantitative estimate of drug-likeness (QED) is 0.800. The van der Waals surface area contributed by atoms with Gasteiger partial charge in [0.15, 0.2) is 0 Å². The van der Waals surface area contributed by atoms with Crippen LogP contribution in [0.5, 0.6) is 0 Å². The molecule has 5 nitrogen and oxygen atoms in total. The third kappa shape index (κ3) is 3.67. The van der Waals surface area contributed by atoms with Crippen LogP contribution in [-0.2, 0) is 9.59 Å². The maximum Gasteiger partial charge on any atom is 0.262 e. The fourth-order valence-corrected chi connectivity index (χ4v) is 3.53. The van der Waals surface area contributed by atoms with Crippen molar-refractivity contribution >= 4 is 17.5 Å². The van der Waals surface area contributed by atoms with Crippen molar-refractivity contribution in [3.8, 4) is 0 Å². The number of hydrazone groups is 1. The first-order valence-electron chi connectivity index (χ1n) is 9.49. The second-order valence-corrected chi connectivity index (χ2v) is 7.36. The first kappa shape index (κ1) is 18.3. The van der Waals surface area contributed by atoms with Crippen molar-refractivity contribution in [1.29, 1.82) is 0 Å². The molecule has 2 aromatic rings. The summed E-state index contributed by atoms with van der Waals surface area (Å²) in [5.74, 6) is -0.569. The smallest absolute Gasteiger partial charge is 0.262 e. The number of halogens is 1. The molecule has 0 saturated heterocycles. The average molecular weight is 379 g/mol. The standard InChI is InChI=1S/C22H22FN3O2/c1-25(22(28)16-11-12-16)14-21(27)26-20(15-7-3-2-4-8-15)13-19(24-26)17-9-5-6-10-18(17)23/h2-10,16,20H,11-14H2,1H3/t20-/m1/s1. The minimum atomic E-state index is -0.358. The van der Waals surface area contributed by atoms with E-state index in [1.54, 1.807) is 25.2 Å². The lowest BCUT2D eigenvalue weighted by molar-refractivity contribution is -0.141. The van der Waals surface area contributed by atoms with Gasteiger partial charge >= 0.3 is 0 Å². The second-order valence-electron chi connectivity index (χ2n) is 7.36. The van der Waals surface area contributed by atoms with Gasteiger partial charge in [-0.1, -0.05) is 48.5 Å². The van der Waals surface area contributed by atoms with Gasteiger partial charge in [0.05, 0.1) is 11.8 Å². The Morgan fingerprint density at radius 3 is 2.46 bits per heavy atom. The molecular formula is C22H22FN3O2. The number of hydrogen-bond acceptors (Lipinski definition) is 3. The van der Waals surface area contributed by atoms with Gasteiger partial charge in [-0.3, -0.25) is 9.59 Å². The van der Waals surface area contributed by atoms with Gasteiger partial charge in [0.2, 0.25) is 5.91 Å². The largest absolute Gasteiger partial charge is 0.336 e. The van der Waals surface area contributed by atoms with Crippen LogP contribution in [0.3, 0.4) is 0 Å². The Kier molecular flexibility index (Phi) is 4.94. The average Bonchev–Trinajstić information content (AvgIpc) is 3.46. The molecule has 1 fully saturated rings. The molecule has 2 aliphatic rings. The molecule has 0 unspecified atom stereocenters. The summed E-state index contributed by atoms with van der Waals surface area (Å²) in [7, 11) is 1.65. The summed E-state index contributed by atoms with van der Waals surface area (Å²) in [6.07, 6.45) is 2.21. The topological polar surface area (TPSA) is 53.0 Å². The fourth-order valence-electron chi connectivity index (χ4n) is 3.53. The number of carbonyl (C=O) groups is 2. The molecule has 0 N–H and O–H groups in total. The molecule has 2 amide bonds. The zero-order valence-electron chi connectivity index (χ0n) is 15.7. The summed E-state index contributed by atoms with van der Waals surface area (Å²) in [5.41, 5.74) is 1.87. The van der Waals surface area contributed by atoms with Crippen LogP contribution in [0.25, 0.3) is 0 Å². The van der Waals surface area contributed by atoms with Gasteiger partial charge in [-0.15, -0.1) is 0 Å². The third-order valence-corrected chi connectivity index (χ3v) is 5.21. The minimum absolute atomic E-state index is 0.00196. The van der Waals surface area contributed by atoms with Crippen LogP contribution >= 0.6 is 0 Å². The van der Waals surface area contributed by atoms with Crippen LogP contribution in [-0.4, -0.2) is 41.0 Å². The maximum absolute atomic E-state index is 14.3. The van der Waals surface area contributed by atoms with Crippen molar-refractivity contribution < 1.29 is 14.0 Å². The molecule has 0 radical (unpaired) electrons. The van der Waals surface area contributed by atoms with Crippen molar-refractivity contribution in [3.05, 3.63) is 71.5 Å². The van der Waals surface area contributed by atoms with E-state index in [2.05, 4.69) is 5.10 Å². The van der Waals surface area contributed by atoms with Crippen LogP contribution < -0.4 is 0 Å². The summed E-state index contributed by atoms with van der Waals surface area (Å²) in [6.45, 7) is -0.0350. The third-order valence-electron chi connectivity index (χ3n) is 5.21. The van der Waals surface area contributed by atoms with Gasteiger partial charge in [0, 0.05) is 24.9 Å². The van der Waals surface area contributed by atoms with Crippen LogP contribution in [0.2, 0.25) is 0 Å². The molecule has 1 aliphatic heterocycles. The highest BCUT2D eigenvalue weighted by molar-refractivity contribution is 6.03. The van der Waals surface area contributed by atoms with Crippen LogP contribution in [0.4, 0.5) is 4.39 Å². The summed E-state index contributed by atoms with van der Waals surface area (Å²) in [4.78, 5) is 26.7. The number of nitrogens with zero attached hydrogens (tertiary/aromatic N) is 3. The van der Waals surface area contributed by atoms with E-state index in [1.807, 2.05) is 30.3 Å². The first-order valence-corrected chi connectivity index (χ1v) is 9.49. The van der Waals surface area contributed by atoms with Crippen molar-refractivity contribution in [3.63, 3.8) is 0 Å². The van der Waals surface area contributed by atoms with E-state index in [4.69, 9.17) is 0 Å².